The SMILES string of the molecule is COCc1cc(Cl)n(C)n1. The maximum absolute atomic E-state index is 5.71. The fourth-order valence-corrected chi connectivity index (χ4v) is 0.882. The first-order valence-corrected chi connectivity index (χ1v) is 3.29. The van der Waals surface area contributed by atoms with E-state index < -0.39 is 0 Å². The zero-order chi connectivity index (χ0) is 7.56. The standard InChI is InChI=1S/C6H9ClN2O/c1-9-6(7)3-5(8-9)4-10-2/h3H,4H2,1-2H3. The minimum atomic E-state index is 0.514. The van der Waals surface area contributed by atoms with Gasteiger partial charge in [0.1, 0.15) is 5.15 Å². The number of aromatic nitrogens is 2. The molecule has 1 heterocycles. The molecule has 0 bridgehead atoms. The number of hydrogen-bond donors (Lipinski definition) is 0. The zero-order valence-corrected chi connectivity index (χ0v) is 6.72. The van der Waals surface area contributed by atoms with Gasteiger partial charge in [-0.25, -0.2) is 0 Å². The van der Waals surface area contributed by atoms with Crippen molar-refractivity contribution in [2.45, 2.75) is 6.61 Å². The molecule has 0 radical (unpaired) electrons. The van der Waals surface area contributed by atoms with Gasteiger partial charge in [-0.2, -0.15) is 5.10 Å². The number of rotatable bonds is 2. The Balaban J connectivity index is 2.77. The molecule has 0 amide bonds. The molecule has 0 saturated carbocycles. The lowest BCUT2D eigenvalue weighted by Crippen LogP contribution is -1.92. The van der Waals surface area contributed by atoms with E-state index in [1.807, 2.05) is 0 Å². The third kappa shape index (κ3) is 1.49. The highest BCUT2D eigenvalue weighted by Gasteiger charge is 2.00. The highest BCUT2D eigenvalue weighted by atomic mass is 35.5. The van der Waals surface area contributed by atoms with E-state index >= 15 is 0 Å². The van der Waals surface area contributed by atoms with Crippen LogP contribution in [0.25, 0.3) is 0 Å². The number of aryl methyl sites for hydroxylation is 1. The van der Waals surface area contributed by atoms with Crippen molar-refractivity contribution in [3.8, 4) is 0 Å². The summed E-state index contributed by atoms with van der Waals surface area (Å²) in [7, 11) is 3.42. The van der Waals surface area contributed by atoms with Crippen LogP contribution in [-0.2, 0) is 18.4 Å². The second-order valence-corrected chi connectivity index (χ2v) is 2.40. The van der Waals surface area contributed by atoms with Crippen LogP contribution >= 0.6 is 11.6 Å². The third-order valence-corrected chi connectivity index (χ3v) is 1.52. The largest absolute Gasteiger partial charge is 0.378 e. The minimum Gasteiger partial charge on any atom is -0.378 e. The van der Waals surface area contributed by atoms with Crippen molar-refractivity contribution in [2.24, 2.45) is 7.05 Å². The van der Waals surface area contributed by atoms with E-state index in [1.165, 1.54) is 0 Å². The van der Waals surface area contributed by atoms with Crippen LogP contribution in [0.4, 0.5) is 0 Å². The molecule has 0 saturated heterocycles. The number of ether oxygens (including phenoxy) is 1. The van der Waals surface area contributed by atoms with Gasteiger partial charge in [0.15, 0.2) is 0 Å². The Bertz CT molecular complexity index is 202. The van der Waals surface area contributed by atoms with Crippen molar-refractivity contribution in [3.63, 3.8) is 0 Å². The summed E-state index contributed by atoms with van der Waals surface area (Å²) in [6.45, 7) is 0.514. The normalized spacial score (nSPS) is 10.3. The number of halogens is 1. The maximum atomic E-state index is 5.71. The molecule has 1 aromatic rings. The molecule has 0 unspecified atom stereocenters. The highest BCUT2D eigenvalue weighted by molar-refractivity contribution is 6.29. The predicted octanol–water partition coefficient (Wildman–Crippen LogP) is 1.22. The van der Waals surface area contributed by atoms with E-state index in [-0.39, 0.29) is 0 Å². The first-order chi connectivity index (χ1) is 4.74. The fourth-order valence-electron chi connectivity index (χ4n) is 0.719. The Morgan fingerprint density at radius 2 is 2.50 bits per heavy atom. The number of nitrogens with zero attached hydrogens (tertiary/aromatic N) is 2. The lowest BCUT2D eigenvalue weighted by Gasteiger charge is -1.90. The highest BCUT2D eigenvalue weighted by Crippen LogP contribution is 2.08. The van der Waals surface area contributed by atoms with E-state index in [9.17, 15) is 0 Å². The molecule has 4 heteroatoms. The summed E-state index contributed by atoms with van der Waals surface area (Å²) < 4.78 is 6.47. The fraction of sp³-hybridized carbons (Fsp3) is 0.500. The quantitative estimate of drug-likeness (QED) is 0.651. The van der Waals surface area contributed by atoms with Crippen molar-refractivity contribution in [2.75, 3.05) is 7.11 Å². The summed E-state index contributed by atoms with van der Waals surface area (Å²) in [6, 6.07) is 1.78. The molecule has 0 aliphatic carbocycles. The van der Waals surface area contributed by atoms with Crippen molar-refractivity contribution in [1.82, 2.24) is 9.78 Å². The van der Waals surface area contributed by atoms with Gasteiger partial charge in [0.2, 0.25) is 0 Å². The van der Waals surface area contributed by atoms with Gasteiger partial charge in [0.05, 0.1) is 12.3 Å². The van der Waals surface area contributed by atoms with Crippen LogP contribution in [0.1, 0.15) is 5.69 Å². The average molecular weight is 161 g/mol. The summed E-state index contributed by atoms with van der Waals surface area (Å²) in [5.41, 5.74) is 0.856. The Morgan fingerprint density at radius 3 is 2.90 bits per heavy atom. The van der Waals surface area contributed by atoms with Gasteiger partial charge in [0.25, 0.3) is 0 Å². The molecule has 0 N–H and O–H groups in total. The molecule has 10 heavy (non-hydrogen) atoms. The van der Waals surface area contributed by atoms with Crippen molar-refractivity contribution >= 4 is 11.6 Å². The van der Waals surface area contributed by atoms with E-state index in [2.05, 4.69) is 5.10 Å². The molecule has 3 nitrogen and oxygen atoms in total. The molecule has 0 spiro atoms. The first kappa shape index (κ1) is 7.57. The summed E-state index contributed by atoms with van der Waals surface area (Å²) in [5, 5.41) is 4.69. The first-order valence-electron chi connectivity index (χ1n) is 2.91. The van der Waals surface area contributed by atoms with Crippen molar-refractivity contribution in [3.05, 3.63) is 16.9 Å². The predicted molar refractivity (Wildman–Crippen MR) is 38.9 cm³/mol. The Morgan fingerprint density at radius 1 is 1.80 bits per heavy atom. The van der Waals surface area contributed by atoms with Gasteiger partial charge >= 0.3 is 0 Å². The Hall–Kier alpha value is -0.540. The molecular weight excluding hydrogens is 152 g/mol. The van der Waals surface area contributed by atoms with E-state index in [0.717, 1.165) is 5.69 Å². The topological polar surface area (TPSA) is 27.1 Å². The molecule has 0 atom stereocenters. The van der Waals surface area contributed by atoms with Crippen LogP contribution in [0.2, 0.25) is 5.15 Å². The smallest absolute Gasteiger partial charge is 0.127 e. The second kappa shape index (κ2) is 3.03. The second-order valence-electron chi connectivity index (χ2n) is 2.02. The number of methoxy groups -OCH3 is 1. The molecular formula is C6H9ClN2O. The van der Waals surface area contributed by atoms with Gasteiger partial charge in [-0.1, -0.05) is 11.6 Å². The van der Waals surface area contributed by atoms with Gasteiger partial charge in [0, 0.05) is 20.2 Å². The zero-order valence-electron chi connectivity index (χ0n) is 5.97. The van der Waals surface area contributed by atoms with Gasteiger partial charge in [-0.3, -0.25) is 4.68 Å². The van der Waals surface area contributed by atoms with Crippen LogP contribution in [0.15, 0.2) is 6.07 Å². The summed E-state index contributed by atoms with van der Waals surface area (Å²) in [6.07, 6.45) is 0. The molecule has 56 valence electrons. The summed E-state index contributed by atoms with van der Waals surface area (Å²) in [5.74, 6) is 0. The average Bonchev–Trinajstić information content (AvgIpc) is 2.14. The Kier molecular flexibility index (Phi) is 2.29. The lowest BCUT2D eigenvalue weighted by atomic mass is 10.5. The number of hydrogen-bond acceptors (Lipinski definition) is 2. The molecule has 0 aliphatic heterocycles. The van der Waals surface area contributed by atoms with Gasteiger partial charge < -0.3 is 4.74 Å². The minimum absolute atomic E-state index is 0.514. The molecule has 0 aliphatic rings. The lowest BCUT2D eigenvalue weighted by molar-refractivity contribution is 0.181. The van der Waals surface area contributed by atoms with Crippen molar-refractivity contribution < 1.29 is 4.74 Å². The van der Waals surface area contributed by atoms with Crippen molar-refractivity contribution in [1.29, 1.82) is 0 Å². The van der Waals surface area contributed by atoms with Crippen LogP contribution in [0, 0.1) is 0 Å². The Labute approximate surface area is 64.6 Å². The van der Waals surface area contributed by atoms with E-state index in [4.69, 9.17) is 16.3 Å². The van der Waals surface area contributed by atoms with E-state index in [1.54, 1.807) is 24.9 Å². The van der Waals surface area contributed by atoms with Crippen LogP contribution in [0.3, 0.4) is 0 Å². The summed E-state index contributed by atoms with van der Waals surface area (Å²) >= 11 is 5.71. The van der Waals surface area contributed by atoms with E-state index in [0.29, 0.717) is 11.8 Å². The maximum Gasteiger partial charge on any atom is 0.127 e. The molecule has 0 aromatic carbocycles. The van der Waals surface area contributed by atoms with Gasteiger partial charge in [-0.15, -0.1) is 0 Å². The summed E-state index contributed by atoms with van der Waals surface area (Å²) in [4.78, 5) is 0. The molecule has 1 rings (SSSR count). The molecule has 1 aromatic heterocycles. The van der Waals surface area contributed by atoms with Crippen LogP contribution < -0.4 is 0 Å². The third-order valence-electron chi connectivity index (χ3n) is 1.17. The monoisotopic (exact) mass is 160 g/mol. The molecule has 0 fully saturated rings. The van der Waals surface area contributed by atoms with Crippen LogP contribution in [0.5, 0.6) is 0 Å². The van der Waals surface area contributed by atoms with Crippen LogP contribution in [-0.4, -0.2) is 16.9 Å². The van der Waals surface area contributed by atoms with Gasteiger partial charge in [-0.05, 0) is 0 Å².